The number of phenols is 1. The molecular weight excluding hydrogens is 254 g/mol. The quantitative estimate of drug-likeness (QED) is 0.740. The number of hydrogen-bond acceptors (Lipinski definition) is 3. The molecule has 20 heavy (non-hydrogen) atoms. The first kappa shape index (κ1) is 18.2. The molecule has 4 nitrogen and oxygen atoms in total. The molecule has 0 spiro atoms. The van der Waals surface area contributed by atoms with Crippen molar-refractivity contribution in [3.63, 3.8) is 0 Å². The number of nitrogens with one attached hydrogen (secondary N) is 1. The summed E-state index contributed by atoms with van der Waals surface area (Å²) in [6, 6.07) is 7.59. The molecule has 4 heteroatoms. The van der Waals surface area contributed by atoms with Gasteiger partial charge in [-0.1, -0.05) is 39.8 Å². The van der Waals surface area contributed by atoms with Crippen LogP contribution in [0.2, 0.25) is 0 Å². The minimum atomic E-state index is -0.937. The molecule has 0 fully saturated rings. The zero-order valence-corrected chi connectivity index (χ0v) is 12.8. The predicted octanol–water partition coefficient (Wildman–Crippen LogP) is 3.27. The van der Waals surface area contributed by atoms with Gasteiger partial charge in [0.25, 0.3) is 0 Å². The van der Waals surface area contributed by atoms with Gasteiger partial charge in [0.1, 0.15) is 5.75 Å². The zero-order chi connectivity index (χ0) is 15.7. The van der Waals surface area contributed by atoms with Crippen LogP contribution in [0.3, 0.4) is 0 Å². The van der Waals surface area contributed by atoms with Crippen LogP contribution in [-0.2, 0) is 4.79 Å². The van der Waals surface area contributed by atoms with Crippen LogP contribution in [0.5, 0.6) is 5.75 Å². The molecule has 0 aromatic heterocycles. The molecule has 0 aliphatic carbocycles. The highest BCUT2D eigenvalue weighted by molar-refractivity contribution is 5.91. The molecule has 0 bridgehead atoms. The van der Waals surface area contributed by atoms with Crippen molar-refractivity contribution in [1.29, 1.82) is 0 Å². The minimum Gasteiger partial charge on any atom is -0.508 e. The van der Waals surface area contributed by atoms with E-state index in [4.69, 9.17) is 10.2 Å². The monoisotopic (exact) mass is 279 g/mol. The fourth-order valence-electron chi connectivity index (χ4n) is 1.55. The Labute approximate surface area is 121 Å². The van der Waals surface area contributed by atoms with Crippen LogP contribution < -0.4 is 5.32 Å². The molecular formula is C16H25NO3. The Morgan fingerprint density at radius 2 is 1.55 bits per heavy atom. The molecule has 0 radical (unpaired) electrons. The number of carboxylic acid groups (broad SMARTS) is 1. The van der Waals surface area contributed by atoms with E-state index in [1.165, 1.54) is 19.1 Å². The van der Waals surface area contributed by atoms with Crippen LogP contribution in [0.1, 0.15) is 40.2 Å². The summed E-state index contributed by atoms with van der Waals surface area (Å²) in [4.78, 5) is 10.5. The Bertz CT molecular complexity index is 428. The van der Waals surface area contributed by atoms with Crippen molar-refractivity contribution in [3.8, 4) is 5.75 Å². The first-order valence-electron chi connectivity index (χ1n) is 6.69. The van der Waals surface area contributed by atoms with Crippen LogP contribution in [-0.4, -0.2) is 28.3 Å². The van der Waals surface area contributed by atoms with Crippen molar-refractivity contribution in [2.24, 2.45) is 0 Å². The summed E-state index contributed by atoms with van der Waals surface area (Å²) in [5.41, 5.74) is 1.03. The average Bonchev–Trinajstić information content (AvgIpc) is 2.31. The van der Waals surface area contributed by atoms with Gasteiger partial charge in [-0.3, -0.25) is 0 Å². The molecule has 0 atom stereocenters. The highest BCUT2D eigenvalue weighted by atomic mass is 16.4. The van der Waals surface area contributed by atoms with Crippen molar-refractivity contribution in [3.05, 3.63) is 35.4 Å². The van der Waals surface area contributed by atoms with Crippen LogP contribution in [0, 0.1) is 0 Å². The lowest BCUT2D eigenvalue weighted by atomic mass is 10.1. The summed E-state index contributed by atoms with van der Waals surface area (Å²) >= 11 is 0. The first-order chi connectivity index (χ1) is 9.22. The Morgan fingerprint density at radius 3 is 1.85 bits per heavy atom. The summed E-state index contributed by atoms with van der Waals surface area (Å²) in [5, 5.41) is 20.8. The van der Waals surface area contributed by atoms with Crippen molar-refractivity contribution >= 4 is 12.0 Å². The van der Waals surface area contributed by atoms with Crippen LogP contribution >= 0.6 is 0 Å². The molecule has 0 aliphatic rings. The van der Waals surface area contributed by atoms with Crippen molar-refractivity contribution in [1.82, 2.24) is 5.32 Å². The lowest BCUT2D eigenvalue weighted by molar-refractivity contribution is -0.132. The predicted molar refractivity (Wildman–Crippen MR) is 82.8 cm³/mol. The van der Waals surface area contributed by atoms with Gasteiger partial charge in [0.15, 0.2) is 0 Å². The van der Waals surface area contributed by atoms with Gasteiger partial charge in [-0.15, -0.1) is 0 Å². The Hall–Kier alpha value is -1.81. The van der Waals surface area contributed by atoms with Gasteiger partial charge in [-0.05, 0) is 30.7 Å². The molecule has 0 aliphatic heterocycles. The molecule has 0 amide bonds. The van der Waals surface area contributed by atoms with Gasteiger partial charge < -0.3 is 15.5 Å². The summed E-state index contributed by atoms with van der Waals surface area (Å²) in [6.45, 7) is 10.1. The van der Waals surface area contributed by atoms with E-state index >= 15 is 0 Å². The smallest absolute Gasteiger partial charge is 0.331 e. The minimum absolute atomic E-state index is 0.171. The third-order valence-corrected chi connectivity index (χ3v) is 2.28. The second-order valence-electron chi connectivity index (χ2n) is 5.20. The standard InChI is InChI=1S/C10H10O3.C6H15N/c1-7(10(12)13)6-8-2-4-9(11)5-3-8;1-5(2)7-6(3)4/h2-6,11H,1H3,(H,12,13);5-7H,1-4H3. The second kappa shape index (κ2) is 9.15. The van der Waals surface area contributed by atoms with Crippen LogP contribution in [0.15, 0.2) is 29.8 Å². The average molecular weight is 279 g/mol. The number of aromatic hydroxyl groups is 1. The first-order valence-corrected chi connectivity index (χ1v) is 6.69. The maximum Gasteiger partial charge on any atom is 0.331 e. The summed E-state index contributed by atoms with van der Waals surface area (Å²) in [6.07, 6.45) is 1.54. The maximum atomic E-state index is 10.5. The topological polar surface area (TPSA) is 69.6 Å². The van der Waals surface area contributed by atoms with E-state index in [1.54, 1.807) is 18.2 Å². The zero-order valence-electron chi connectivity index (χ0n) is 12.8. The van der Waals surface area contributed by atoms with Gasteiger partial charge in [0.2, 0.25) is 0 Å². The van der Waals surface area contributed by atoms with Gasteiger partial charge in [0.05, 0.1) is 0 Å². The van der Waals surface area contributed by atoms with Gasteiger partial charge in [0, 0.05) is 17.7 Å². The Morgan fingerprint density at radius 1 is 1.10 bits per heavy atom. The molecule has 112 valence electrons. The van der Waals surface area contributed by atoms with E-state index < -0.39 is 5.97 Å². The Kier molecular flexibility index (Phi) is 8.32. The van der Waals surface area contributed by atoms with Gasteiger partial charge in [-0.2, -0.15) is 0 Å². The number of aliphatic carboxylic acids is 1. The molecule has 0 heterocycles. The normalized spacial score (nSPS) is 11.2. The highest BCUT2D eigenvalue weighted by Gasteiger charge is 1.99. The van der Waals surface area contributed by atoms with E-state index in [1.807, 2.05) is 0 Å². The maximum absolute atomic E-state index is 10.5. The summed E-state index contributed by atoms with van der Waals surface area (Å²) in [7, 11) is 0. The number of rotatable bonds is 4. The second-order valence-corrected chi connectivity index (χ2v) is 5.20. The molecule has 0 saturated carbocycles. The number of carbonyl (C=O) groups is 1. The summed E-state index contributed by atoms with van der Waals surface area (Å²) in [5.74, 6) is -0.766. The van der Waals surface area contributed by atoms with Gasteiger partial charge >= 0.3 is 5.97 Å². The van der Waals surface area contributed by atoms with Gasteiger partial charge in [-0.25, -0.2) is 4.79 Å². The number of hydrogen-bond donors (Lipinski definition) is 3. The van der Waals surface area contributed by atoms with E-state index in [-0.39, 0.29) is 11.3 Å². The largest absolute Gasteiger partial charge is 0.508 e. The number of phenolic OH excluding ortho intramolecular Hbond substituents is 1. The third-order valence-electron chi connectivity index (χ3n) is 2.28. The number of carboxylic acids is 1. The van der Waals surface area contributed by atoms with E-state index in [9.17, 15) is 4.79 Å². The highest BCUT2D eigenvalue weighted by Crippen LogP contribution is 2.12. The van der Waals surface area contributed by atoms with Crippen LogP contribution in [0.25, 0.3) is 6.08 Å². The molecule has 1 aromatic carbocycles. The van der Waals surface area contributed by atoms with E-state index in [0.29, 0.717) is 12.1 Å². The number of benzene rings is 1. The van der Waals surface area contributed by atoms with E-state index in [0.717, 1.165) is 5.56 Å². The summed E-state index contributed by atoms with van der Waals surface area (Å²) < 4.78 is 0. The molecule has 0 saturated heterocycles. The van der Waals surface area contributed by atoms with Crippen molar-refractivity contribution in [2.45, 2.75) is 46.7 Å². The SMILES string of the molecule is CC(=Cc1ccc(O)cc1)C(=O)O.CC(C)NC(C)C. The third kappa shape index (κ3) is 9.16. The lowest BCUT2D eigenvalue weighted by Gasteiger charge is -2.10. The van der Waals surface area contributed by atoms with Crippen molar-refractivity contribution < 1.29 is 15.0 Å². The fraction of sp³-hybridized carbons (Fsp3) is 0.438. The van der Waals surface area contributed by atoms with E-state index in [2.05, 4.69) is 33.0 Å². The fourth-order valence-corrected chi connectivity index (χ4v) is 1.55. The van der Waals surface area contributed by atoms with Crippen LogP contribution in [0.4, 0.5) is 0 Å². The molecule has 1 aromatic rings. The molecule has 1 rings (SSSR count). The molecule has 3 N–H and O–H groups in total. The Balaban J connectivity index is 0.000000441. The molecule has 0 unspecified atom stereocenters. The lowest BCUT2D eigenvalue weighted by Crippen LogP contribution is -2.29. The van der Waals surface area contributed by atoms with Crippen molar-refractivity contribution in [2.75, 3.05) is 0 Å².